The van der Waals surface area contributed by atoms with Crippen molar-refractivity contribution in [2.75, 3.05) is 0 Å². The van der Waals surface area contributed by atoms with Crippen molar-refractivity contribution >= 4 is 5.97 Å². The summed E-state index contributed by atoms with van der Waals surface area (Å²) in [5.74, 6) is 2.04. The third-order valence-corrected chi connectivity index (χ3v) is 7.03. The van der Waals surface area contributed by atoms with Gasteiger partial charge in [0.05, 0.1) is 5.92 Å². The Labute approximate surface area is 131 Å². The van der Waals surface area contributed by atoms with E-state index >= 15 is 0 Å². The van der Waals surface area contributed by atoms with E-state index in [0.717, 1.165) is 19.3 Å². The first-order valence-electron chi connectivity index (χ1n) is 8.68. The van der Waals surface area contributed by atoms with Crippen LogP contribution in [0.25, 0.3) is 0 Å². The average Bonchev–Trinajstić information content (AvgIpc) is 3.05. The Balaban J connectivity index is 1.66. The highest BCUT2D eigenvalue weighted by Gasteiger charge is 2.67. The fourth-order valence-electron chi connectivity index (χ4n) is 6.26. The molecule has 2 heteroatoms. The summed E-state index contributed by atoms with van der Waals surface area (Å²) in [5.41, 5.74) is 2.67. The largest absolute Gasteiger partial charge is 0.458 e. The fourth-order valence-corrected chi connectivity index (χ4v) is 6.26. The molecule has 1 aromatic carbocycles. The summed E-state index contributed by atoms with van der Waals surface area (Å²) in [5, 5.41) is 0. The summed E-state index contributed by atoms with van der Waals surface area (Å²) in [4.78, 5) is 12.7. The molecule has 1 spiro atoms. The Bertz CT molecular complexity index is 663. The van der Waals surface area contributed by atoms with Crippen molar-refractivity contribution in [3.8, 4) is 0 Å². The summed E-state index contributed by atoms with van der Waals surface area (Å²) in [6, 6.07) is 8.76. The fraction of sp³-hybridized carbons (Fsp3) is 0.550. The van der Waals surface area contributed by atoms with E-state index in [1.54, 1.807) is 0 Å². The molecule has 0 unspecified atom stereocenters. The number of rotatable bonds is 1. The van der Waals surface area contributed by atoms with E-state index in [0.29, 0.717) is 23.7 Å². The molecule has 3 fully saturated rings. The first kappa shape index (κ1) is 12.9. The van der Waals surface area contributed by atoms with Crippen LogP contribution in [0.1, 0.15) is 42.7 Å². The van der Waals surface area contributed by atoms with Gasteiger partial charge in [0.15, 0.2) is 0 Å². The topological polar surface area (TPSA) is 26.3 Å². The minimum absolute atomic E-state index is 0.0583. The lowest BCUT2D eigenvalue weighted by Gasteiger charge is -2.47. The lowest BCUT2D eigenvalue weighted by molar-refractivity contribution is -0.154. The molecule has 5 rings (SSSR count). The van der Waals surface area contributed by atoms with Crippen LogP contribution in [0, 0.1) is 23.7 Å². The van der Waals surface area contributed by atoms with E-state index in [-0.39, 0.29) is 17.5 Å². The molecule has 1 saturated heterocycles. The Kier molecular flexibility index (Phi) is 2.49. The molecule has 3 aliphatic carbocycles. The summed E-state index contributed by atoms with van der Waals surface area (Å²) in [6.07, 6.45) is 7.67. The van der Waals surface area contributed by atoms with E-state index < -0.39 is 0 Å². The van der Waals surface area contributed by atoms with Crippen LogP contribution in [0.4, 0.5) is 0 Å². The van der Waals surface area contributed by atoms with Gasteiger partial charge in [-0.15, -0.1) is 6.58 Å². The highest BCUT2D eigenvalue weighted by molar-refractivity contribution is 5.78. The molecule has 0 N–H and O–H groups in total. The van der Waals surface area contributed by atoms with E-state index in [4.69, 9.17) is 4.74 Å². The van der Waals surface area contributed by atoms with Gasteiger partial charge >= 0.3 is 5.97 Å². The third kappa shape index (κ3) is 1.39. The van der Waals surface area contributed by atoms with Gasteiger partial charge in [-0.05, 0) is 42.7 Å². The van der Waals surface area contributed by atoms with Crippen molar-refractivity contribution in [3.05, 3.63) is 48.0 Å². The number of fused-ring (bicyclic) bond motifs is 6. The normalized spacial score (nSPS) is 44.7. The number of carbonyl (C=O) groups is 1. The maximum absolute atomic E-state index is 12.7. The van der Waals surface area contributed by atoms with Gasteiger partial charge in [-0.1, -0.05) is 30.3 Å². The minimum Gasteiger partial charge on any atom is -0.458 e. The Morgan fingerprint density at radius 2 is 2.09 bits per heavy atom. The molecule has 4 aliphatic rings. The van der Waals surface area contributed by atoms with E-state index in [1.807, 2.05) is 6.08 Å². The number of hydrogen-bond acceptors (Lipinski definition) is 2. The molecular weight excluding hydrogens is 272 g/mol. The summed E-state index contributed by atoms with van der Waals surface area (Å²) >= 11 is 0. The lowest BCUT2D eigenvalue weighted by Crippen LogP contribution is -2.48. The van der Waals surface area contributed by atoms with Crippen molar-refractivity contribution in [2.45, 2.75) is 43.6 Å². The van der Waals surface area contributed by atoms with Crippen molar-refractivity contribution in [1.82, 2.24) is 0 Å². The maximum atomic E-state index is 12.7. The first-order valence-corrected chi connectivity index (χ1v) is 8.68. The number of aryl methyl sites for hydroxylation is 1. The summed E-state index contributed by atoms with van der Waals surface area (Å²) < 4.78 is 6.10. The molecule has 1 aromatic rings. The Hall–Kier alpha value is -1.57. The molecule has 2 saturated carbocycles. The molecule has 0 radical (unpaired) electrons. The van der Waals surface area contributed by atoms with E-state index in [1.165, 1.54) is 24.0 Å². The molecule has 2 nitrogen and oxygen atoms in total. The van der Waals surface area contributed by atoms with Crippen molar-refractivity contribution < 1.29 is 9.53 Å². The number of carbonyl (C=O) groups excluding carboxylic acids is 1. The van der Waals surface area contributed by atoms with Gasteiger partial charge in [0.25, 0.3) is 0 Å². The molecule has 2 bridgehead atoms. The lowest BCUT2D eigenvalue weighted by atomic mass is 9.56. The molecule has 6 atom stereocenters. The number of esters is 1. The minimum atomic E-state index is -0.211. The van der Waals surface area contributed by atoms with Crippen LogP contribution in [0.15, 0.2) is 36.9 Å². The summed E-state index contributed by atoms with van der Waals surface area (Å²) in [6.45, 7) is 4.02. The van der Waals surface area contributed by atoms with Gasteiger partial charge in [0.1, 0.15) is 5.60 Å². The smallest absolute Gasteiger partial charge is 0.310 e. The molecule has 0 aromatic heterocycles. The van der Waals surface area contributed by atoms with Crippen LogP contribution < -0.4 is 0 Å². The molecule has 1 heterocycles. The standard InChI is InChI=1S/C20H22O2/c1-2-13-8-10-17-15-9-7-12-5-3-4-6-14(12)18(15)16-11-20(13,17)22-19(16)21/h2-6,13,15-18H,1,7-11H2/t13-,15+,16+,17+,18-,20+/m1/s1. The second-order valence-electron chi connectivity index (χ2n) is 7.64. The third-order valence-electron chi connectivity index (χ3n) is 7.03. The highest BCUT2D eigenvalue weighted by Crippen LogP contribution is 2.65. The number of ether oxygens (including phenoxy) is 1. The van der Waals surface area contributed by atoms with Gasteiger partial charge < -0.3 is 4.74 Å². The first-order chi connectivity index (χ1) is 10.7. The van der Waals surface area contributed by atoms with Gasteiger partial charge in [-0.25, -0.2) is 0 Å². The SMILES string of the molecule is C=C[C@@H]1CC[C@H]2[C@@H]3CCc4ccccc4[C@H]3[C@@H]3C[C@]12OC3=O. The summed E-state index contributed by atoms with van der Waals surface area (Å²) in [7, 11) is 0. The highest BCUT2D eigenvalue weighted by atomic mass is 16.6. The van der Waals surface area contributed by atoms with Crippen LogP contribution in [-0.4, -0.2) is 11.6 Å². The van der Waals surface area contributed by atoms with Gasteiger partial charge in [0, 0.05) is 24.2 Å². The monoisotopic (exact) mass is 294 g/mol. The zero-order valence-electron chi connectivity index (χ0n) is 12.8. The number of hydrogen-bond donors (Lipinski definition) is 0. The Morgan fingerprint density at radius 1 is 1.23 bits per heavy atom. The molecule has 0 amide bonds. The van der Waals surface area contributed by atoms with Crippen molar-refractivity contribution in [3.63, 3.8) is 0 Å². The number of benzene rings is 1. The van der Waals surface area contributed by atoms with E-state index in [2.05, 4.69) is 30.8 Å². The molecule has 1 aliphatic heterocycles. The quantitative estimate of drug-likeness (QED) is 0.581. The maximum Gasteiger partial charge on any atom is 0.310 e. The van der Waals surface area contributed by atoms with Crippen LogP contribution in [0.2, 0.25) is 0 Å². The second-order valence-corrected chi connectivity index (χ2v) is 7.64. The van der Waals surface area contributed by atoms with Crippen molar-refractivity contribution in [2.24, 2.45) is 23.7 Å². The van der Waals surface area contributed by atoms with Crippen LogP contribution >= 0.6 is 0 Å². The van der Waals surface area contributed by atoms with Crippen molar-refractivity contribution in [1.29, 1.82) is 0 Å². The predicted molar refractivity (Wildman–Crippen MR) is 84.3 cm³/mol. The zero-order chi connectivity index (χ0) is 14.9. The second kappa shape index (κ2) is 4.24. The van der Waals surface area contributed by atoms with Gasteiger partial charge in [-0.2, -0.15) is 0 Å². The van der Waals surface area contributed by atoms with E-state index in [9.17, 15) is 4.79 Å². The van der Waals surface area contributed by atoms with Crippen LogP contribution in [0.3, 0.4) is 0 Å². The Morgan fingerprint density at radius 3 is 2.95 bits per heavy atom. The molecule has 22 heavy (non-hydrogen) atoms. The zero-order valence-corrected chi connectivity index (χ0v) is 12.8. The van der Waals surface area contributed by atoms with Crippen LogP contribution in [0.5, 0.6) is 0 Å². The molecular formula is C20H22O2. The van der Waals surface area contributed by atoms with Gasteiger partial charge in [-0.3, -0.25) is 4.79 Å². The molecule has 114 valence electrons. The predicted octanol–water partition coefficient (Wildman–Crippen LogP) is 3.86. The average molecular weight is 294 g/mol. The van der Waals surface area contributed by atoms with Gasteiger partial charge in [0.2, 0.25) is 0 Å². The van der Waals surface area contributed by atoms with Crippen LogP contribution in [-0.2, 0) is 16.0 Å².